The van der Waals surface area contributed by atoms with Crippen LogP contribution >= 0.6 is 0 Å². The maximum atomic E-state index is 10.8. The molecule has 0 saturated carbocycles. The van der Waals surface area contributed by atoms with Gasteiger partial charge >= 0.3 is 5.97 Å². The predicted octanol–water partition coefficient (Wildman–Crippen LogP) is 1.85. The fourth-order valence-electron chi connectivity index (χ4n) is 1.84. The minimum absolute atomic E-state index is 0.0472. The molecular weight excluding hydrogens is 246 g/mol. The topological polar surface area (TPSA) is 82.7 Å². The van der Waals surface area contributed by atoms with Crippen LogP contribution in [0.3, 0.4) is 0 Å². The molecule has 5 heteroatoms. The van der Waals surface area contributed by atoms with Gasteiger partial charge in [-0.3, -0.25) is 0 Å². The second-order valence-corrected chi connectivity index (χ2v) is 4.71. The zero-order chi connectivity index (χ0) is 13.8. The fourth-order valence-corrected chi connectivity index (χ4v) is 1.84. The molecule has 19 heavy (non-hydrogen) atoms. The second kappa shape index (κ2) is 5.86. The van der Waals surface area contributed by atoms with E-state index in [2.05, 4.69) is 5.32 Å². The average Bonchev–Trinajstić information content (AvgIpc) is 2.81. The zero-order valence-electron chi connectivity index (χ0n) is 10.7. The summed E-state index contributed by atoms with van der Waals surface area (Å²) in [4.78, 5) is 10.8. The summed E-state index contributed by atoms with van der Waals surface area (Å²) in [7, 11) is 0. The van der Waals surface area contributed by atoms with Crippen LogP contribution in [0.1, 0.15) is 23.0 Å². The SMILES string of the molecule is CC(CO)CNCc1ccc2oc(C(=O)O)cc2c1. The van der Waals surface area contributed by atoms with Crippen LogP contribution in [0.2, 0.25) is 0 Å². The smallest absolute Gasteiger partial charge is 0.371 e. The Kier molecular flexibility index (Phi) is 4.19. The number of fused-ring (bicyclic) bond motifs is 1. The molecule has 5 nitrogen and oxygen atoms in total. The number of furan rings is 1. The molecule has 1 atom stereocenters. The van der Waals surface area contributed by atoms with E-state index in [1.54, 1.807) is 6.07 Å². The molecule has 0 amide bonds. The Balaban J connectivity index is 2.06. The summed E-state index contributed by atoms with van der Waals surface area (Å²) in [5.41, 5.74) is 1.63. The molecule has 1 unspecified atom stereocenters. The van der Waals surface area contributed by atoms with Crippen LogP contribution in [0, 0.1) is 5.92 Å². The van der Waals surface area contributed by atoms with Crippen molar-refractivity contribution in [3.63, 3.8) is 0 Å². The van der Waals surface area contributed by atoms with E-state index in [4.69, 9.17) is 14.6 Å². The molecule has 2 aromatic rings. The normalized spacial score (nSPS) is 12.7. The highest BCUT2D eigenvalue weighted by atomic mass is 16.4. The van der Waals surface area contributed by atoms with Gasteiger partial charge in [0.15, 0.2) is 0 Å². The average molecular weight is 263 g/mol. The molecule has 2 rings (SSSR count). The lowest BCUT2D eigenvalue weighted by Crippen LogP contribution is -2.22. The van der Waals surface area contributed by atoms with Gasteiger partial charge < -0.3 is 19.9 Å². The standard InChI is InChI=1S/C14H17NO4/c1-9(8-16)6-15-7-10-2-3-12-11(4-10)5-13(19-12)14(17)18/h2-5,9,15-16H,6-8H2,1H3,(H,17,18). The van der Waals surface area contributed by atoms with E-state index in [0.717, 1.165) is 17.5 Å². The molecule has 0 aliphatic carbocycles. The number of hydrogen-bond acceptors (Lipinski definition) is 4. The Labute approximate surface area is 110 Å². The van der Waals surface area contributed by atoms with Gasteiger partial charge in [-0.1, -0.05) is 13.0 Å². The molecule has 102 valence electrons. The van der Waals surface area contributed by atoms with Crippen molar-refractivity contribution >= 4 is 16.9 Å². The third-order valence-corrected chi connectivity index (χ3v) is 2.93. The lowest BCUT2D eigenvalue weighted by atomic mass is 10.1. The third kappa shape index (κ3) is 3.33. The Morgan fingerprint density at radius 3 is 2.89 bits per heavy atom. The van der Waals surface area contributed by atoms with E-state index in [9.17, 15) is 4.79 Å². The van der Waals surface area contributed by atoms with Crippen molar-refractivity contribution in [2.45, 2.75) is 13.5 Å². The first-order valence-electron chi connectivity index (χ1n) is 6.17. The van der Waals surface area contributed by atoms with Crippen molar-refractivity contribution in [2.75, 3.05) is 13.2 Å². The van der Waals surface area contributed by atoms with Crippen molar-refractivity contribution in [2.24, 2.45) is 5.92 Å². The number of hydrogen-bond donors (Lipinski definition) is 3. The molecule has 0 aliphatic rings. The van der Waals surface area contributed by atoms with E-state index < -0.39 is 5.97 Å². The Morgan fingerprint density at radius 2 is 2.21 bits per heavy atom. The molecule has 0 saturated heterocycles. The van der Waals surface area contributed by atoms with Gasteiger partial charge in [-0.15, -0.1) is 0 Å². The molecular formula is C14H17NO4. The maximum Gasteiger partial charge on any atom is 0.371 e. The van der Waals surface area contributed by atoms with Crippen molar-refractivity contribution in [1.82, 2.24) is 5.32 Å². The van der Waals surface area contributed by atoms with Gasteiger partial charge in [0.1, 0.15) is 5.58 Å². The van der Waals surface area contributed by atoms with E-state index >= 15 is 0 Å². The lowest BCUT2D eigenvalue weighted by Gasteiger charge is -2.09. The molecule has 0 bridgehead atoms. The summed E-state index contributed by atoms with van der Waals surface area (Å²) in [6, 6.07) is 7.10. The number of aliphatic hydroxyl groups excluding tert-OH is 1. The quantitative estimate of drug-likeness (QED) is 0.741. The molecule has 1 aromatic carbocycles. The molecule has 1 aromatic heterocycles. The Hall–Kier alpha value is -1.85. The Morgan fingerprint density at radius 1 is 1.42 bits per heavy atom. The van der Waals surface area contributed by atoms with Gasteiger partial charge in [0.25, 0.3) is 0 Å². The Bertz CT molecular complexity index is 576. The number of benzene rings is 1. The molecule has 0 radical (unpaired) electrons. The van der Waals surface area contributed by atoms with Gasteiger partial charge in [-0.2, -0.15) is 0 Å². The van der Waals surface area contributed by atoms with Crippen LogP contribution in [0.4, 0.5) is 0 Å². The first-order valence-corrected chi connectivity index (χ1v) is 6.17. The van der Waals surface area contributed by atoms with E-state index in [1.807, 2.05) is 19.1 Å². The predicted molar refractivity (Wildman–Crippen MR) is 71.1 cm³/mol. The minimum Gasteiger partial charge on any atom is -0.475 e. The first kappa shape index (κ1) is 13.6. The summed E-state index contributed by atoms with van der Waals surface area (Å²) in [6.45, 7) is 3.54. The number of rotatable bonds is 6. The van der Waals surface area contributed by atoms with Gasteiger partial charge in [-0.05, 0) is 29.7 Å². The van der Waals surface area contributed by atoms with E-state index in [1.165, 1.54) is 6.07 Å². The molecule has 0 aliphatic heterocycles. The summed E-state index contributed by atoms with van der Waals surface area (Å²) in [5, 5.41) is 21.8. The molecule has 3 N–H and O–H groups in total. The van der Waals surface area contributed by atoms with Crippen molar-refractivity contribution in [1.29, 1.82) is 0 Å². The van der Waals surface area contributed by atoms with Crippen molar-refractivity contribution < 1.29 is 19.4 Å². The van der Waals surface area contributed by atoms with Crippen LogP contribution in [0.25, 0.3) is 11.0 Å². The van der Waals surface area contributed by atoms with Crippen LogP contribution in [0.15, 0.2) is 28.7 Å². The third-order valence-electron chi connectivity index (χ3n) is 2.93. The number of aliphatic hydroxyl groups is 1. The molecule has 0 fully saturated rings. The number of aromatic carboxylic acids is 1. The second-order valence-electron chi connectivity index (χ2n) is 4.71. The number of carboxylic acids is 1. The summed E-state index contributed by atoms with van der Waals surface area (Å²) in [6.07, 6.45) is 0. The monoisotopic (exact) mass is 263 g/mol. The van der Waals surface area contributed by atoms with Crippen LogP contribution < -0.4 is 5.32 Å². The van der Waals surface area contributed by atoms with Crippen molar-refractivity contribution in [3.8, 4) is 0 Å². The van der Waals surface area contributed by atoms with Gasteiger partial charge in [0, 0.05) is 25.1 Å². The van der Waals surface area contributed by atoms with Crippen LogP contribution in [-0.2, 0) is 6.54 Å². The summed E-state index contributed by atoms with van der Waals surface area (Å²) in [5.74, 6) is -0.891. The fraction of sp³-hybridized carbons (Fsp3) is 0.357. The summed E-state index contributed by atoms with van der Waals surface area (Å²) >= 11 is 0. The maximum absolute atomic E-state index is 10.8. The summed E-state index contributed by atoms with van der Waals surface area (Å²) < 4.78 is 5.19. The van der Waals surface area contributed by atoms with Gasteiger partial charge in [0.2, 0.25) is 5.76 Å². The number of nitrogens with one attached hydrogen (secondary N) is 1. The van der Waals surface area contributed by atoms with Crippen LogP contribution in [0.5, 0.6) is 0 Å². The lowest BCUT2D eigenvalue weighted by molar-refractivity contribution is 0.0665. The minimum atomic E-state index is -1.06. The molecule has 1 heterocycles. The molecule has 0 spiro atoms. The highest BCUT2D eigenvalue weighted by Gasteiger charge is 2.10. The van der Waals surface area contributed by atoms with E-state index in [-0.39, 0.29) is 18.3 Å². The van der Waals surface area contributed by atoms with E-state index in [0.29, 0.717) is 12.1 Å². The number of carbonyl (C=O) groups is 1. The number of carboxylic acid groups (broad SMARTS) is 1. The van der Waals surface area contributed by atoms with Gasteiger partial charge in [0.05, 0.1) is 0 Å². The largest absolute Gasteiger partial charge is 0.475 e. The highest BCUT2D eigenvalue weighted by Crippen LogP contribution is 2.20. The van der Waals surface area contributed by atoms with Gasteiger partial charge in [-0.25, -0.2) is 4.79 Å². The van der Waals surface area contributed by atoms with Crippen LogP contribution in [-0.4, -0.2) is 29.3 Å². The zero-order valence-corrected chi connectivity index (χ0v) is 10.7. The first-order chi connectivity index (χ1) is 9.10. The van der Waals surface area contributed by atoms with Crippen molar-refractivity contribution in [3.05, 3.63) is 35.6 Å². The highest BCUT2D eigenvalue weighted by molar-refractivity contribution is 5.91.